The summed E-state index contributed by atoms with van der Waals surface area (Å²) in [6.45, 7) is 1.58. The fourth-order valence-electron chi connectivity index (χ4n) is 1.20. The number of hydrogen-bond donors (Lipinski definition) is 1. The van der Waals surface area contributed by atoms with Gasteiger partial charge in [-0.1, -0.05) is 12.2 Å². The van der Waals surface area contributed by atoms with E-state index in [1.54, 1.807) is 6.07 Å². The zero-order valence-corrected chi connectivity index (χ0v) is 13.7. The van der Waals surface area contributed by atoms with Crippen LogP contribution in [0.25, 0.3) is 0 Å². The van der Waals surface area contributed by atoms with E-state index in [2.05, 4.69) is 0 Å². The Morgan fingerprint density at radius 1 is 1.47 bits per heavy atom. The van der Waals surface area contributed by atoms with Crippen molar-refractivity contribution in [1.29, 1.82) is 0 Å². The van der Waals surface area contributed by atoms with E-state index < -0.39 is 0 Å². The first kappa shape index (κ1) is 18.3. The Morgan fingerprint density at radius 2 is 2.07 bits per heavy atom. The SMILES string of the molecule is CN(CCCCN)c1cc(=S)c1=O.[CH3-].[K+]. The van der Waals surface area contributed by atoms with Crippen molar-refractivity contribution >= 4 is 17.9 Å². The second-order valence-corrected chi connectivity index (χ2v) is 3.58. The maximum absolute atomic E-state index is 11.2. The molecule has 0 spiro atoms. The topological polar surface area (TPSA) is 46.3 Å². The Labute approximate surface area is 139 Å². The molecule has 0 amide bonds. The summed E-state index contributed by atoms with van der Waals surface area (Å²) in [5.74, 6) is 0. The number of hydrogen-bond acceptors (Lipinski definition) is 4. The van der Waals surface area contributed by atoms with Gasteiger partial charge in [0.2, 0.25) is 5.43 Å². The molecule has 15 heavy (non-hydrogen) atoms. The monoisotopic (exact) mass is 252 g/mol. The van der Waals surface area contributed by atoms with Gasteiger partial charge in [0.1, 0.15) is 0 Å². The van der Waals surface area contributed by atoms with Crippen molar-refractivity contribution in [3.8, 4) is 0 Å². The average molecular weight is 252 g/mol. The molecule has 1 aromatic rings. The van der Waals surface area contributed by atoms with Gasteiger partial charge < -0.3 is 18.1 Å². The third kappa shape index (κ3) is 5.17. The van der Waals surface area contributed by atoms with Crippen LogP contribution in [0.15, 0.2) is 10.9 Å². The molecule has 0 atom stereocenters. The molecule has 0 aromatic heterocycles. The number of rotatable bonds is 5. The molecule has 0 unspecified atom stereocenters. The zero-order chi connectivity index (χ0) is 9.84. The number of anilines is 1. The summed E-state index contributed by atoms with van der Waals surface area (Å²) < 4.78 is 0.445. The van der Waals surface area contributed by atoms with Gasteiger partial charge in [0.25, 0.3) is 0 Å². The van der Waals surface area contributed by atoms with Gasteiger partial charge in [-0.05, 0) is 25.5 Å². The van der Waals surface area contributed by atoms with Crippen LogP contribution in [-0.4, -0.2) is 20.1 Å². The van der Waals surface area contributed by atoms with Gasteiger partial charge in [0, 0.05) is 13.6 Å². The normalized spacial score (nSPS) is 9.20. The Kier molecular flexibility index (Phi) is 10.9. The minimum absolute atomic E-state index is 0. The second-order valence-electron chi connectivity index (χ2n) is 3.14. The third-order valence-corrected chi connectivity index (χ3v) is 2.39. The number of nitrogens with two attached hydrogens (primary N) is 1. The van der Waals surface area contributed by atoms with E-state index in [1.165, 1.54) is 0 Å². The van der Waals surface area contributed by atoms with Gasteiger partial charge in [0.05, 0.1) is 10.2 Å². The van der Waals surface area contributed by atoms with E-state index in [1.807, 2.05) is 11.9 Å². The van der Waals surface area contributed by atoms with Crippen LogP contribution in [-0.2, 0) is 0 Å². The Balaban J connectivity index is 0. The van der Waals surface area contributed by atoms with E-state index in [-0.39, 0.29) is 64.2 Å². The molecule has 0 radical (unpaired) electrons. The van der Waals surface area contributed by atoms with Crippen LogP contribution in [0.2, 0.25) is 0 Å². The van der Waals surface area contributed by atoms with Crippen LogP contribution < -0.4 is 67.4 Å². The van der Waals surface area contributed by atoms with E-state index in [4.69, 9.17) is 18.0 Å². The van der Waals surface area contributed by atoms with E-state index >= 15 is 0 Å². The van der Waals surface area contributed by atoms with Gasteiger partial charge >= 0.3 is 51.4 Å². The largest absolute Gasteiger partial charge is 1.00 e. The smallest absolute Gasteiger partial charge is 0.371 e. The standard InChI is InChI=1S/C9H14N2OS.CH3.K/c1-11(5-3-2-4-10)7-6-8(13)9(7)12;;/h6H,2-5,10H2,1H3;1H3;/q;-1;+1. The quantitative estimate of drug-likeness (QED) is 0.293. The molecule has 0 heterocycles. The van der Waals surface area contributed by atoms with Crippen molar-refractivity contribution in [3.63, 3.8) is 0 Å². The molecular formula is C10H17KN2OS. The fourth-order valence-corrected chi connectivity index (χ4v) is 1.42. The van der Waals surface area contributed by atoms with Crippen molar-refractivity contribution in [2.75, 3.05) is 25.0 Å². The summed E-state index contributed by atoms with van der Waals surface area (Å²) >= 11 is 4.77. The predicted octanol–water partition coefficient (Wildman–Crippen LogP) is -1.72. The minimum atomic E-state index is 0. The van der Waals surface area contributed by atoms with Gasteiger partial charge in [0.15, 0.2) is 0 Å². The van der Waals surface area contributed by atoms with Crippen LogP contribution >= 0.6 is 12.2 Å². The molecule has 0 saturated carbocycles. The molecule has 0 bridgehead atoms. The Morgan fingerprint density at radius 3 is 2.47 bits per heavy atom. The van der Waals surface area contributed by atoms with E-state index in [0.717, 1.165) is 25.1 Å². The van der Waals surface area contributed by atoms with Crippen molar-refractivity contribution in [1.82, 2.24) is 0 Å². The zero-order valence-electron chi connectivity index (χ0n) is 9.75. The fraction of sp³-hybridized carbons (Fsp3) is 0.500. The molecule has 0 aliphatic heterocycles. The summed E-state index contributed by atoms with van der Waals surface area (Å²) in [5.41, 5.74) is 6.11. The summed E-state index contributed by atoms with van der Waals surface area (Å²) in [6.07, 6.45) is 2.01. The van der Waals surface area contributed by atoms with Crippen molar-refractivity contribution in [2.45, 2.75) is 12.8 Å². The van der Waals surface area contributed by atoms with E-state index in [9.17, 15) is 4.79 Å². The number of nitrogens with zero attached hydrogens (tertiary/aromatic N) is 1. The minimum Gasteiger partial charge on any atom is -0.371 e. The van der Waals surface area contributed by atoms with Crippen LogP contribution in [0.5, 0.6) is 0 Å². The second kappa shape index (κ2) is 8.98. The molecule has 0 saturated heterocycles. The maximum atomic E-state index is 11.2. The van der Waals surface area contributed by atoms with Crippen molar-refractivity contribution < 1.29 is 51.4 Å². The average Bonchev–Trinajstić information content (AvgIpc) is 2.13. The molecule has 3 nitrogen and oxygen atoms in total. The van der Waals surface area contributed by atoms with Gasteiger partial charge in [-0.3, -0.25) is 4.79 Å². The third-order valence-electron chi connectivity index (χ3n) is 2.08. The first-order chi connectivity index (χ1) is 6.16. The molecule has 2 N–H and O–H groups in total. The van der Waals surface area contributed by atoms with Crippen LogP contribution in [0, 0.1) is 11.9 Å². The van der Waals surface area contributed by atoms with Crippen LogP contribution in [0.3, 0.4) is 0 Å². The van der Waals surface area contributed by atoms with Gasteiger partial charge in [-0.2, -0.15) is 0 Å². The van der Waals surface area contributed by atoms with Gasteiger partial charge in [-0.15, -0.1) is 0 Å². The first-order valence-corrected chi connectivity index (χ1v) is 4.79. The van der Waals surface area contributed by atoms with Crippen LogP contribution in [0.1, 0.15) is 12.8 Å². The predicted molar refractivity (Wildman–Crippen MR) is 63.9 cm³/mol. The van der Waals surface area contributed by atoms with Crippen molar-refractivity contribution in [2.24, 2.45) is 5.73 Å². The summed E-state index contributed by atoms with van der Waals surface area (Å²) in [7, 11) is 1.90. The molecule has 5 heteroatoms. The van der Waals surface area contributed by atoms with E-state index in [0.29, 0.717) is 11.1 Å². The molecular weight excluding hydrogens is 235 g/mol. The Bertz CT molecular complexity index is 347. The van der Waals surface area contributed by atoms with Crippen LogP contribution in [0.4, 0.5) is 5.69 Å². The maximum Gasteiger partial charge on any atom is 1.00 e. The van der Waals surface area contributed by atoms with Crippen molar-refractivity contribution in [3.05, 3.63) is 28.2 Å². The molecule has 1 rings (SSSR count). The molecule has 0 aliphatic rings. The van der Waals surface area contributed by atoms with Gasteiger partial charge in [-0.25, -0.2) is 0 Å². The molecule has 1 aromatic carbocycles. The summed E-state index contributed by atoms with van der Waals surface area (Å²) in [6, 6.07) is 1.75. The molecule has 0 aliphatic carbocycles. The first-order valence-electron chi connectivity index (χ1n) is 4.38. The molecule has 0 fully saturated rings. The number of unbranched alkanes of at least 4 members (excludes halogenated alkanes) is 1. The molecule has 80 valence electrons. The summed E-state index contributed by atoms with van der Waals surface area (Å²) in [4.78, 5) is 13.1. The Hall–Kier alpha value is 0.896. The summed E-state index contributed by atoms with van der Waals surface area (Å²) in [5, 5.41) is 0.